The summed E-state index contributed by atoms with van der Waals surface area (Å²) in [7, 11) is 0. The minimum absolute atomic E-state index is 0.213. The van der Waals surface area contributed by atoms with Gasteiger partial charge in [-0.25, -0.2) is 18.2 Å². The Kier molecular flexibility index (Phi) is 5.67. The molecule has 3 rings (SSSR count). The first kappa shape index (κ1) is 18.9. The lowest BCUT2D eigenvalue weighted by atomic mass is 10.0. The molecule has 1 aromatic carbocycles. The topological polar surface area (TPSA) is 54.5 Å². The van der Waals surface area contributed by atoms with Crippen LogP contribution in [0.2, 0.25) is 0 Å². The van der Waals surface area contributed by atoms with Crippen molar-refractivity contribution in [3.05, 3.63) is 24.0 Å². The quantitative estimate of drug-likeness (QED) is 0.827. The number of aromatic nitrogens is 1. The van der Waals surface area contributed by atoms with Crippen LogP contribution in [-0.4, -0.2) is 49.2 Å². The van der Waals surface area contributed by atoms with Gasteiger partial charge in [0.2, 0.25) is 12.3 Å². The molecule has 1 unspecified atom stereocenters. The molecule has 142 valence electrons. The predicted molar refractivity (Wildman–Crippen MR) is 94.4 cm³/mol. The SMILES string of the molecule is CC1(CNC(=O)CCC(F)F)CN(c2nc3cccc(F)c3s2)CCO1. The summed E-state index contributed by atoms with van der Waals surface area (Å²) in [6, 6.07) is 4.80. The lowest BCUT2D eigenvalue weighted by molar-refractivity contribution is -0.124. The average molecular weight is 387 g/mol. The van der Waals surface area contributed by atoms with E-state index in [0.29, 0.717) is 35.0 Å². The van der Waals surface area contributed by atoms with Gasteiger partial charge in [0, 0.05) is 25.9 Å². The third-order valence-electron chi connectivity index (χ3n) is 4.21. The van der Waals surface area contributed by atoms with Crippen molar-refractivity contribution in [3.8, 4) is 0 Å². The smallest absolute Gasteiger partial charge is 0.239 e. The second-order valence-electron chi connectivity index (χ2n) is 6.51. The van der Waals surface area contributed by atoms with Crippen molar-refractivity contribution in [2.24, 2.45) is 0 Å². The van der Waals surface area contributed by atoms with Gasteiger partial charge in [-0.3, -0.25) is 4.79 Å². The van der Waals surface area contributed by atoms with Gasteiger partial charge in [-0.1, -0.05) is 17.4 Å². The summed E-state index contributed by atoms with van der Waals surface area (Å²) in [5.41, 5.74) is -0.0618. The first-order valence-corrected chi connectivity index (χ1v) is 9.17. The molecule has 1 amide bonds. The normalized spacial score (nSPS) is 20.7. The molecule has 1 aromatic heterocycles. The number of carbonyl (C=O) groups excluding carboxylic acids is 1. The number of hydrogen-bond donors (Lipinski definition) is 1. The maximum atomic E-state index is 13.9. The molecule has 1 saturated heterocycles. The number of thiazole rings is 1. The summed E-state index contributed by atoms with van der Waals surface area (Å²) in [6.45, 7) is 3.56. The van der Waals surface area contributed by atoms with Gasteiger partial charge in [-0.05, 0) is 19.1 Å². The molecule has 2 aromatic rings. The van der Waals surface area contributed by atoms with Gasteiger partial charge < -0.3 is 15.0 Å². The zero-order valence-corrected chi connectivity index (χ0v) is 15.1. The van der Waals surface area contributed by atoms with Crippen LogP contribution in [0.15, 0.2) is 18.2 Å². The number of amides is 1. The van der Waals surface area contributed by atoms with Crippen LogP contribution in [-0.2, 0) is 9.53 Å². The number of morpholine rings is 1. The van der Waals surface area contributed by atoms with E-state index in [1.54, 1.807) is 12.1 Å². The highest BCUT2D eigenvalue weighted by molar-refractivity contribution is 7.22. The van der Waals surface area contributed by atoms with E-state index in [2.05, 4.69) is 10.3 Å². The summed E-state index contributed by atoms with van der Waals surface area (Å²) in [5.74, 6) is -0.720. The van der Waals surface area contributed by atoms with Crippen LogP contribution in [0.4, 0.5) is 18.3 Å². The second-order valence-corrected chi connectivity index (χ2v) is 7.49. The summed E-state index contributed by atoms with van der Waals surface area (Å²) in [5, 5.41) is 3.35. The number of alkyl halides is 2. The summed E-state index contributed by atoms with van der Waals surface area (Å²) >= 11 is 1.28. The molecule has 1 aliphatic heterocycles. The van der Waals surface area contributed by atoms with Crippen LogP contribution in [0.1, 0.15) is 19.8 Å². The molecule has 1 aliphatic rings. The van der Waals surface area contributed by atoms with Crippen LogP contribution in [0.5, 0.6) is 0 Å². The summed E-state index contributed by atoms with van der Waals surface area (Å²) in [6.07, 6.45) is -3.15. The van der Waals surface area contributed by atoms with E-state index in [-0.39, 0.29) is 18.8 Å². The second kappa shape index (κ2) is 7.79. The number of ether oxygens (including phenoxy) is 1. The molecule has 0 radical (unpaired) electrons. The first-order valence-electron chi connectivity index (χ1n) is 8.35. The van der Waals surface area contributed by atoms with Gasteiger partial charge in [-0.15, -0.1) is 0 Å². The molecule has 2 heterocycles. The number of benzene rings is 1. The highest BCUT2D eigenvalue weighted by Gasteiger charge is 2.34. The maximum Gasteiger partial charge on any atom is 0.239 e. The molecule has 26 heavy (non-hydrogen) atoms. The molecule has 0 aliphatic carbocycles. The Balaban J connectivity index is 1.64. The van der Waals surface area contributed by atoms with E-state index in [4.69, 9.17) is 4.74 Å². The average Bonchev–Trinajstić information content (AvgIpc) is 3.04. The molecule has 1 atom stereocenters. The molecular formula is C17H20F3N3O2S. The highest BCUT2D eigenvalue weighted by atomic mass is 32.1. The minimum Gasteiger partial charge on any atom is -0.370 e. The van der Waals surface area contributed by atoms with Gasteiger partial charge in [0.1, 0.15) is 11.4 Å². The zero-order chi connectivity index (χ0) is 18.7. The Morgan fingerprint density at radius 2 is 2.31 bits per heavy atom. The van der Waals surface area contributed by atoms with Gasteiger partial charge in [0.05, 0.1) is 23.4 Å². The standard InChI is InChI=1S/C17H20F3N3O2S/c1-17(9-21-14(24)6-5-13(19)20)10-23(7-8-25-17)16-22-12-4-2-3-11(18)15(12)26-16/h2-4,13H,5-10H2,1H3,(H,21,24). The van der Waals surface area contributed by atoms with Crippen molar-refractivity contribution in [1.29, 1.82) is 0 Å². The number of carbonyl (C=O) groups is 1. The Hall–Kier alpha value is -1.87. The molecular weight excluding hydrogens is 367 g/mol. The van der Waals surface area contributed by atoms with Crippen LogP contribution < -0.4 is 10.2 Å². The molecule has 5 nitrogen and oxygen atoms in total. The van der Waals surface area contributed by atoms with Crippen molar-refractivity contribution in [1.82, 2.24) is 10.3 Å². The van der Waals surface area contributed by atoms with Crippen LogP contribution >= 0.6 is 11.3 Å². The maximum absolute atomic E-state index is 13.9. The number of fused-ring (bicyclic) bond motifs is 1. The third-order valence-corrected chi connectivity index (χ3v) is 5.35. The largest absolute Gasteiger partial charge is 0.370 e. The predicted octanol–water partition coefficient (Wildman–Crippen LogP) is 3.19. The van der Waals surface area contributed by atoms with E-state index in [9.17, 15) is 18.0 Å². The monoisotopic (exact) mass is 387 g/mol. The molecule has 0 saturated carbocycles. The number of nitrogens with one attached hydrogen (secondary N) is 1. The summed E-state index contributed by atoms with van der Waals surface area (Å²) < 4.78 is 44.5. The number of halogens is 3. The van der Waals surface area contributed by atoms with Crippen LogP contribution in [0.25, 0.3) is 10.2 Å². The Morgan fingerprint density at radius 3 is 3.04 bits per heavy atom. The van der Waals surface area contributed by atoms with E-state index in [1.165, 1.54) is 17.4 Å². The fourth-order valence-electron chi connectivity index (χ4n) is 2.85. The molecule has 0 bridgehead atoms. The van der Waals surface area contributed by atoms with E-state index < -0.39 is 24.4 Å². The van der Waals surface area contributed by atoms with Gasteiger partial charge in [0.15, 0.2) is 5.13 Å². The van der Waals surface area contributed by atoms with Gasteiger partial charge in [-0.2, -0.15) is 0 Å². The minimum atomic E-state index is -2.49. The molecule has 9 heteroatoms. The van der Waals surface area contributed by atoms with E-state index >= 15 is 0 Å². The fourth-order valence-corrected chi connectivity index (χ4v) is 3.85. The molecule has 1 N–H and O–H groups in total. The zero-order valence-electron chi connectivity index (χ0n) is 14.3. The van der Waals surface area contributed by atoms with Crippen molar-refractivity contribution in [2.75, 3.05) is 31.1 Å². The lowest BCUT2D eigenvalue weighted by Gasteiger charge is -2.40. The van der Waals surface area contributed by atoms with Crippen molar-refractivity contribution < 1.29 is 22.7 Å². The highest BCUT2D eigenvalue weighted by Crippen LogP contribution is 2.32. The van der Waals surface area contributed by atoms with Crippen molar-refractivity contribution in [2.45, 2.75) is 31.8 Å². The molecule has 0 spiro atoms. The molecule has 1 fully saturated rings. The Morgan fingerprint density at radius 1 is 1.50 bits per heavy atom. The Labute approximate surface area is 153 Å². The number of anilines is 1. The van der Waals surface area contributed by atoms with Crippen molar-refractivity contribution in [3.63, 3.8) is 0 Å². The van der Waals surface area contributed by atoms with Crippen LogP contribution in [0, 0.1) is 5.82 Å². The summed E-state index contributed by atoms with van der Waals surface area (Å²) in [4.78, 5) is 18.2. The van der Waals surface area contributed by atoms with Gasteiger partial charge in [0.25, 0.3) is 0 Å². The van der Waals surface area contributed by atoms with Crippen molar-refractivity contribution >= 4 is 32.6 Å². The van der Waals surface area contributed by atoms with Crippen LogP contribution in [0.3, 0.4) is 0 Å². The lowest BCUT2D eigenvalue weighted by Crippen LogP contribution is -2.55. The number of hydrogen-bond acceptors (Lipinski definition) is 5. The van der Waals surface area contributed by atoms with E-state index in [1.807, 2.05) is 11.8 Å². The van der Waals surface area contributed by atoms with E-state index in [0.717, 1.165) is 0 Å². The van der Waals surface area contributed by atoms with Gasteiger partial charge >= 0.3 is 0 Å². The third kappa shape index (κ3) is 4.45. The fraction of sp³-hybridized carbons (Fsp3) is 0.529. The number of nitrogens with zero attached hydrogens (tertiary/aromatic N) is 2. The first-order chi connectivity index (χ1) is 12.4. The number of rotatable bonds is 6. The Bertz CT molecular complexity index is 786.